The maximum Gasteiger partial charge on any atom is 0.0537 e. The van der Waals surface area contributed by atoms with Crippen molar-refractivity contribution in [1.82, 2.24) is 19.6 Å². The summed E-state index contributed by atoms with van der Waals surface area (Å²) in [5.41, 5.74) is 2.98. The Morgan fingerprint density at radius 1 is 1.32 bits per heavy atom. The molecule has 1 saturated heterocycles. The van der Waals surface area contributed by atoms with Gasteiger partial charge in [0.1, 0.15) is 0 Å². The third-order valence-corrected chi connectivity index (χ3v) is 5.41. The Hall–Kier alpha value is -0.910. The smallest absolute Gasteiger partial charge is 0.0537 e. The number of hydrogen-bond donors (Lipinski definition) is 0. The Balaban J connectivity index is 1.94. The number of methoxy groups -OCH3 is 1. The summed E-state index contributed by atoms with van der Waals surface area (Å²) >= 11 is 0. The number of aromatic nitrogens is 2. The average molecular weight is 308 g/mol. The zero-order valence-electron chi connectivity index (χ0n) is 14.9. The van der Waals surface area contributed by atoms with Crippen LogP contribution < -0.4 is 0 Å². The van der Waals surface area contributed by atoms with Crippen molar-refractivity contribution < 1.29 is 4.74 Å². The summed E-state index contributed by atoms with van der Waals surface area (Å²) in [5.74, 6) is 0. The second-order valence-corrected chi connectivity index (χ2v) is 6.71. The average Bonchev–Trinajstić information content (AvgIpc) is 2.87. The molecule has 0 bridgehead atoms. The maximum absolute atomic E-state index is 5.32. The number of aryl methyl sites for hydroxylation is 1. The van der Waals surface area contributed by atoms with Crippen LogP contribution in [0.3, 0.4) is 0 Å². The lowest BCUT2D eigenvalue weighted by atomic mass is 9.83. The van der Waals surface area contributed by atoms with E-state index in [9.17, 15) is 0 Å². The number of nitrogens with zero attached hydrogens (tertiary/aromatic N) is 4. The van der Waals surface area contributed by atoms with Gasteiger partial charge in [0.2, 0.25) is 0 Å². The molecule has 2 rings (SSSR count). The summed E-state index contributed by atoms with van der Waals surface area (Å²) in [5, 5.41) is 4.46. The van der Waals surface area contributed by atoms with Crippen LogP contribution in [0.1, 0.15) is 37.4 Å². The first-order chi connectivity index (χ1) is 10.5. The standard InChI is InChI=1S/C17H32N4O/c1-6-21-15(2)16(13-18-21)14-20-10-7-17(8-11-20,19(3)4)9-12-22-5/h13H,6-12,14H2,1-5H3. The number of hydrogen-bond acceptors (Lipinski definition) is 4. The largest absolute Gasteiger partial charge is 0.385 e. The Morgan fingerprint density at radius 3 is 2.50 bits per heavy atom. The van der Waals surface area contributed by atoms with Gasteiger partial charge in [0, 0.05) is 56.7 Å². The van der Waals surface area contributed by atoms with Crippen LogP contribution in [0, 0.1) is 6.92 Å². The van der Waals surface area contributed by atoms with Gasteiger partial charge in [-0.05, 0) is 47.2 Å². The van der Waals surface area contributed by atoms with E-state index < -0.39 is 0 Å². The highest BCUT2D eigenvalue weighted by atomic mass is 16.5. The lowest BCUT2D eigenvalue weighted by Gasteiger charge is -2.46. The zero-order chi connectivity index (χ0) is 16.2. The molecule has 0 radical (unpaired) electrons. The minimum absolute atomic E-state index is 0.301. The fourth-order valence-corrected chi connectivity index (χ4v) is 3.54. The van der Waals surface area contributed by atoms with E-state index >= 15 is 0 Å². The molecule has 0 amide bonds. The summed E-state index contributed by atoms with van der Waals surface area (Å²) in [6.07, 6.45) is 5.59. The van der Waals surface area contributed by atoms with Crippen molar-refractivity contribution >= 4 is 0 Å². The van der Waals surface area contributed by atoms with Gasteiger partial charge in [0.15, 0.2) is 0 Å². The Morgan fingerprint density at radius 2 is 2.00 bits per heavy atom. The van der Waals surface area contributed by atoms with Crippen LogP contribution in [0.2, 0.25) is 0 Å². The van der Waals surface area contributed by atoms with Crippen molar-refractivity contribution in [3.63, 3.8) is 0 Å². The molecule has 0 N–H and O–H groups in total. The van der Waals surface area contributed by atoms with Crippen LogP contribution in [-0.2, 0) is 17.8 Å². The molecule has 1 aromatic heterocycles. The van der Waals surface area contributed by atoms with Gasteiger partial charge in [0.25, 0.3) is 0 Å². The van der Waals surface area contributed by atoms with Crippen molar-refractivity contribution in [2.75, 3.05) is 40.9 Å². The van der Waals surface area contributed by atoms with E-state index in [-0.39, 0.29) is 0 Å². The summed E-state index contributed by atoms with van der Waals surface area (Å²) in [6, 6.07) is 0. The van der Waals surface area contributed by atoms with Crippen LogP contribution in [0.5, 0.6) is 0 Å². The number of likely N-dealkylation sites (tertiary alicyclic amines) is 1. The predicted molar refractivity (Wildman–Crippen MR) is 90.1 cm³/mol. The molecule has 5 nitrogen and oxygen atoms in total. The summed E-state index contributed by atoms with van der Waals surface area (Å²) in [6.45, 7) is 9.45. The molecule has 0 aromatic carbocycles. The minimum Gasteiger partial charge on any atom is -0.385 e. The van der Waals surface area contributed by atoms with Gasteiger partial charge < -0.3 is 9.64 Å². The molecule has 1 aliphatic heterocycles. The Bertz CT molecular complexity index is 461. The molecule has 1 fully saturated rings. The molecular weight excluding hydrogens is 276 g/mol. The monoisotopic (exact) mass is 308 g/mol. The van der Waals surface area contributed by atoms with Crippen molar-refractivity contribution in [2.45, 2.75) is 51.7 Å². The lowest BCUT2D eigenvalue weighted by molar-refractivity contribution is 0.0257. The maximum atomic E-state index is 5.32. The molecule has 1 aromatic rings. The summed E-state index contributed by atoms with van der Waals surface area (Å²) < 4.78 is 7.41. The predicted octanol–water partition coefficient (Wildman–Crippen LogP) is 2.14. The van der Waals surface area contributed by atoms with Crippen LogP contribution in [0.15, 0.2) is 6.20 Å². The van der Waals surface area contributed by atoms with Gasteiger partial charge in [-0.15, -0.1) is 0 Å². The molecule has 126 valence electrons. The van der Waals surface area contributed by atoms with Crippen LogP contribution in [-0.4, -0.2) is 66.0 Å². The second-order valence-electron chi connectivity index (χ2n) is 6.71. The van der Waals surface area contributed by atoms with Crippen molar-refractivity contribution in [1.29, 1.82) is 0 Å². The van der Waals surface area contributed by atoms with Gasteiger partial charge in [-0.2, -0.15) is 5.10 Å². The first-order valence-corrected chi connectivity index (χ1v) is 8.42. The summed E-state index contributed by atoms with van der Waals surface area (Å²) in [7, 11) is 6.22. The van der Waals surface area contributed by atoms with Crippen LogP contribution in [0.25, 0.3) is 0 Å². The highest BCUT2D eigenvalue weighted by Crippen LogP contribution is 2.31. The van der Waals surface area contributed by atoms with E-state index in [0.29, 0.717) is 5.54 Å². The lowest BCUT2D eigenvalue weighted by Crippen LogP contribution is -2.53. The molecule has 5 heteroatoms. The molecular formula is C17H32N4O. The van der Waals surface area contributed by atoms with Crippen molar-refractivity contribution in [2.24, 2.45) is 0 Å². The third-order valence-electron chi connectivity index (χ3n) is 5.41. The van der Waals surface area contributed by atoms with E-state index in [1.54, 1.807) is 7.11 Å². The molecule has 2 heterocycles. The van der Waals surface area contributed by atoms with E-state index in [2.05, 4.69) is 47.5 Å². The number of piperidine rings is 1. The molecule has 0 aliphatic carbocycles. The van der Waals surface area contributed by atoms with Crippen molar-refractivity contribution in [3.05, 3.63) is 17.5 Å². The Labute approximate surface area is 135 Å². The van der Waals surface area contributed by atoms with E-state index in [0.717, 1.165) is 39.2 Å². The first kappa shape index (κ1) is 17.4. The third kappa shape index (κ3) is 3.70. The fraction of sp³-hybridized carbons (Fsp3) is 0.824. The molecule has 0 atom stereocenters. The highest BCUT2D eigenvalue weighted by molar-refractivity contribution is 5.16. The highest BCUT2D eigenvalue weighted by Gasteiger charge is 2.36. The van der Waals surface area contributed by atoms with E-state index in [1.807, 2.05) is 6.20 Å². The molecule has 1 aliphatic rings. The molecule has 22 heavy (non-hydrogen) atoms. The van der Waals surface area contributed by atoms with Gasteiger partial charge in [-0.25, -0.2) is 0 Å². The Kier molecular flexibility index (Phi) is 6.01. The minimum atomic E-state index is 0.301. The normalized spacial score (nSPS) is 19.0. The molecule has 0 saturated carbocycles. The second kappa shape index (κ2) is 7.57. The van der Waals surface area contributed by atoms with Gasteiger partial charge in [-0.1, -0.05) is 0 Å². The summed E-state index contributed by atoms with van der Waals surface area (Å²) in [4.78, 5) is 4.97. The zero-order valence-corrected chi connectivity index (χ0v) is 14.9. The van der Waals surface area contributed by atoms with Crippen molar-refractivity contribution in [3.8, 4) is 0 Å². The first-order valence-electron chi connectivity index (χ1n) is 8.42. The van der Waals surface area contributed by atoms with E-state index in [4.69, 9.17) is 4.74 Å². The van der Waals surface area contributed by atoms with E-state index in [1.165, 1.54) is 24.1 Å². The SMILES string of the molecule is CCn1ncc(CN2CCC(CCOC)(N(C)C)CC2)c1C. The van der Waals surface area contributed by atoms with Gasteiger partial charge in [0.05, 0.1) is 6.20 Å². The quantitative estimate of drug-likeness (QED) is 0.773. The fourth-order valence-electron chi connectivity index (χ4n) is 3.54. The number of ether oxygens (including phenoxy) is 1. The number of rotatable bonds is 7. The topological polar surface area (TPSA) is 33.5 Å². The van der Waals surface area contributed by atoms with Crippen LogP contribution in [0.4, 0.5) is 0 Å². The van der Waals surface area contributed by atoms with Gasteiger partial charge >= 0.3 is 0 Å². The van der Waals surface area contributed by atoms with Gasteiger partial charge in [-0.3, -0.25) is 9.58 Å². The molecule has 0 spiro atoms. The molecule has 0 unspecified atom stereocenters. The van der Waals surface area contributed by atoms with Crippen LogP contribution >= 0.6 is 0 Å².